The number of carbonyl (C=O) groups is 1. The first-order valence-corrected chi connectivity index (χ1v) is 5.85. The average Bonchev–Trinajstić information content (AvgIpc) is 2.69. The minimum absolute atomic E-state index is 0.0459. The van der Waals surface area contributed by atoms with Gasteiger partial charge in [0.15, 0.2) is 0 Å². The molecular formula is C12H23NO2. The van der Waals surface area contributed by atoms with Gasteiger partial charge in [0.2, 0.25) is 5.91 Å². The van der Waals surface area contributed by atoms with Gasteiger partial charge >= 0.3 is 0 Å². The molecule has 3 heteroatoms. The predicted molar refractivity (Wildman–Crippen MR) is 60.7 cm³/mol. The fourth-order valence-electron chi connectivity index (χ4n) is 1.71. The van der Waals surface area contributed by atoms with Crippen LogP contribution in [0.5, 0.6) is 0 Å². The van der Waals surface area contributed by atoms with Gasteiger partial charge in [0, 0.05) is 19.2 Å². The molecule has 1 aliphatic rings. The molecule has 1 aliphatic heterocycles. The highest BCUT2D eigenvalue weighted by molar-refractivity contribution is 5.77. The van der Waals surface area contributed by atoms with Crippen LogP contribution in [0.3, 0.4) is 0 Å². The molecule has 1 rings (SSSR count). The van der Waals surface area contributed by atoms with Crippen LogP contribution in [0.2, 0.25) is 0 Å². The molecule has 1 amide bonds. The third-order valence-corrected chi connectivity index (χ3v) is 3.57. The van der Waals surface area contributed by atoms with E-state index in [1.54, 1.807) is 0 Å². The third kappa shape index (κ3) is 3.20. The van der Waals surface area contributed by atoms with E-state index in [1.807, 2.05) is 11.9 Å². The summed E-state index contributed by atoms with van der Waals surface area (Å²) in [5, 5.41) is 0. The zero-order valence-electron chi connectivity index (χ0n) is 10.4. The van der Waals surface area contributed by atoms with Crippen molar-refractivity contribution >= 4 is 5.91 Å². The van der Waals surface area contributed by atoms with Crippen molar-refractivity contribution in [2.45, 2.75) is 58.1 Å². The van der Waals surface area contributed by atoms with Crippen molar-refractivity contribution in [1.29, 1.82) is 0 Å². The van der Waals surface area contributed by atoms with Crippen LogP contribution in [0.4, 0.5) is 0 Å². The molecule has 1 heterocycles. The van der Waals surface area contributed by atoms with E-state index in [0.29, 0.717) is 6.42 Å². The van der Waals surface area contributed by atoms with Crippen LogP contribution >= 0.6 is 0 Å². The predicted octanol–water partition coefficient (Wildman–Crippen LogP) is 2.20. The van der Waals surface area contributed by atoms with Crippen LogP contribution in [0, 0.1) is 0 Å². The quantitative estimate of drug-likeness (QED) is 0.716. The fourth-order valence-corrected chi connectivity index (χ4v) is 1.71. The maximum Gasteiger partial charge on any atom is 0.225 e. The van der Waals surface area contributed by atoms with Crippen molar-refractivity contribution in [3.63, 3.8) is 0 Å². The monoisotopic (exact) mass is 213 g/mol. The van der Waals surface area contributed by atoms with Crippen LogP contribution in [-0.2, 0) is 9.53 Å². The Labute approximate surface area is 92.8 Å². The number of hydrogen-bond donors (Lipinski definition) is 0. The summed E-state index contributed by atoms with van der Waals surface area (Å²) in [6.07, 6.45) is 3.80. The molecule has 15 heavy (non-hydrogen) atoms. The Morgan fingerprint density at radius 3 is 2.67 bits per heavy atom. The molecule has 0 saturated carbocycles. The summed E-state index contributed by atoms with van der Waals surface area (Å²) in [5.74, 6) is 0.203. The Morgan fingerprint density at radius 2 is 2.20 bits per heavy atom. The lowest BCUT2D eigenvalue weighted by atomic mass is 9.99. The molecule has 1 fully saturated rings. The van der Waals surface area contributed by atoms with Crippen LogP contribution in [0.1, 0.15) is 46.5 Å². The summed E-state index contributed by atoms with van der Waals surface area (Å²) in [6.45, 7) is 7.12. The van der Waals surface area contributed by atoms with Gasteiger partial charge in [-0.3, -0.25) is 4.79 Å². The Balaban J connectivity index is 2.45. The Morgan fingerprint density at radius 1 is 1.53 bits per heavy atom. The van der Waals surface area contributed by atoms with Gasteiger partial charge in [-0.1, -0.05) is 6.92 Å². The molecule has 1 saturated heterocycles. The number of carbonyl (C=O) groups excluding carboxylic acids is 1. The van der Waals surface area contributed by atoms with Gasteiger partial charge in [0.1, 0.15) is 0 Å². The Hall–Kier alpha value is -0.570. The first-order valence-electron chi connectivity index (χ1n) is 5.85. The number of rotatable bonds is 4. The van der Waals surface area contributed by atoms with Gasteiger partial charge < -0.3 is 9.64 Å². The van der Waals surface area contributed by atoms with Gasteiger partial charge in [-0.2, -0.15) is 0 Å². The molecule has 0 spiro atoms. The van der Waals surface area contributed by atoms with Gasteiger partial charge in [0.25, 0.3) is 0 Å². The summed E-state index contributed by atoms with van der Waals surface area (Å²) < 4.78 is 5.47. The van der Waals surface area contributed by atoms with E-state index in [1.165, 1.54) is 0 Å². The fraction of sp³-hybridized carbons (Fsp3) is 0.917. The molecule has 0 bridgehead atoms. The van der Waals surface area contributed by atoms with E-state index in [9.17, 15) is 4.79 Å². The highest BCUT2D eigenvalue weighted by Gasteiger charge is 2.28. The van der Waals surface area contributed by atoms with Crippen LogP contribution in [0.15, 0.2) is 0 Å². The molecule has 88 valence electrons. The van der Waals surface area contributed by atoms with E-state index < -0.39 is 0 Å². The van der Waals surface area contributed by atoms with Crippen LogP contribution in [-0.4, -0.2) is 36.1 Å². The van der Waals surface area contributed by atoms with E-state index in [2.05, 4.69) is 20.8 Å². The minimum Gasteiger partial charge on any atom is -0.378 e. The largest absolute Gasteiger partial charge is 0.378 e. The highest BCUT2D eigenvalue weighted by atomic mass is 16.5. The van der Waals surface area contributed by atoms with E-state index in [0.717, 1.165) is 25.9 Å². The SMILES string of the molecule is CCC(C)(C)N(C)C(=O)CC1CCCO1. The average molecular weight is 213 g/mol. The minimum atomic E-state index is -0.0459. The Bertz CT molecular complexity index is 220. The smallest absolute Gasteiger partial charge is 0.225 e. The summed E-state index contributed by atoms with van der Waals surface area (Å²) in [6, 6.07) is 0. The maximum atomic E-state index is 12.0. The van der Waals surface area contributed by atoms with Gasteiger partial charge in [-0.15, -0.1) is 0 Å². The lowest BCUT2D eigenvalue weighted by molar-refractivity contribution is -0.137. The van der Waals surface area contributed by atoms with Gasteiger partial charge in [0.05, 0.1) is 12.5 Å². The Kier molecular flexibility index (Phi) is 4.14. The topological polar surface area (TPSA) is 29.5 Å². The van der Waals surface area contributed by atoms with Gasteiger partial charge in [-0.05, 0) is 33.1 Å². The third-order valence-electron chi connectivity index (χ3n) is 3.57. The van der Waals surface area contributed by atoms with E-state index >= 15 is 0 Å². The van der Waals surface area contributed by atoms with Crippen molar-refractivity contribution in [3.8, 4) is 0 Å². The van der Waals surface area contributed by atoms with Gasteiger partial charge in [-0.25, -0.2) is 0 Å². The molecule has 0 aromatic rings. The number of nitrogens with zero attached hydrogens (tertiary/aromatic N) is 1. The molecule has 1 atom stereocenters. The lowest BCUT2D eigenvalue weighted by Crippen LogP contribution is -2.45. The standard InChI is InChI=1S/C12H23NO2/c1-5-12(2,3)13(4)11(14)9-10-7-6-8-15-10/h10H,5-9H2,1-4H3. The molecule has 0 radical (unpaired) electrons. The van der Waals surface area contributed by atoms with E-state index in [-0.39, 0.29) is 17.6 Å². The molecule has 0 aromatic heterocycles. The van der Waals surface area contributed by atoms with Crippen molar-refractivity contribution in [2.75, 3.05) is 13.7 Å². The second-order valence-electron chi connectivity index (χ2n) is 4.96. The number of ether oxygens (including phenoxy) is 1. The summed E-state index contributed by atoms with van der Waals surface area (Å²) >= 11 is 0. The highest BCUT2D eigenvalue weighted by Crippen LogP contribution is 2.21. The molecule has 0 aliphatic carbocycles. The summed E-state index contributed by atoms with van der Waals surface area (Å²) in [4.78, 5) is 13.8. The molecule has 0 N–H and O–H groups in total. The second kappa shape index (κ2) is 4.97. The molecular weight excluding hydrogens is 190 g/mol. The van der Waals surface area contributed by atoms with E-state index in [4.69, 9.17) is 4.74 Å². The summed E-state index contributed by atoms with van der Waals surface area (Å²) in [5.41, 5.74) is -0.0459. The molecule has 3 nitrogen and oxygen atoms in total. The molecule has 1 unspecified atom stereocenters. The zero-order valence-corrected chi connectivity index (χ0v) is 10.4. The van der Waals surface area contributed by atoms with Crippen molar-refractivity contribution in [3.05, 3.63) is 0 Å². The molecule has 0 aromatic carbocycles. The summed E-state index contributed by atoms with van der Waals surface area (Å²) in [7, 11) is 1.89. The van der Waals surface area contributed by atoms with Crippen LogP contribution < -0.4 is 0 Å². The maximum absolute atomic E-state index is 12.0. The van der Waals surface area contributed by atoms with Crippen molar-refractivity contribution < 1.29 is 9.53 Å². The second-order valence-corrected chi connectivity index (χ2v) is 4.96. The first-order chi connectivity index (χ1) is 6.97. The normalized spacial score (nSPS) is 21.7. The van der Waals surface area contributed by atoms with Crippen molar-refractivity contribution in [1.82, 2.24) is 4.90 Å². The number of hydrogen-bond acceptors (Lipinski definition) is 2. The zero-order chi connectivity index (χ0) is 11.5. The van der Waals surface area contributed by atoms with Crippen LogP contribution in [0.25, 0.3) is 0 Å². The van der Waals surface area contributed by atoms with Crippen molar-refractivity contribution in [2.24, 2.45) is 0 Å². The lowest BCUT2D eigenvalue weighted by Gasteiger charge is -2.35. The first kappa shape index (κ1) is 12.5. The number of amides is 1.